The van der Waals surface area contributed by atoms with Crippen LogP contribution in [0.2, 0.25) is 0 Å². The van der Waals surface area contributed by atoms with Gasteiger partial charge in [0, 0.05) is 6.07 Å². The molecule has 0 spiro atoms. The van der Waals surface area contributed by atoms with Crippen LogP contribution in [0.15, 0.2) is 53.4 Å². The van der Waals surface area contributed by atoms with Crippen molar-refractivity contribution in [1.82, 2.24) is 0 Å². The Bertz CT molecular complexity index is 589. The molecule has 0 atom stereocenters. The van der Waals surface area contributed by atoms with Crippen molar-refractivity contribution >= 4 is 15.7 Å². The van der Waals surface area contributed by atoms with Crippen LogP contribution in [-0.4, -0.2) is 8.42 Å². The van der Waals surface area contributed by atoms with E-state index in [4.69, 9.17) is 0 Å². The van der Waals surface area contributed by atoms with E-state index in [1.165, 1.54) is 0 Å². The highest BCUT2D eigenvalue weighted by molar-refractivity contribution is 7.92. The number of hydrogen-bond acceptors (Lipinski definition) is 2. The molecule has 0 aliphatic rings. The summed E-state index contributed by atoms with van der Waals surface area (Å²) in [5.41, 5.74) is 1.46. The monoisotopic (exact) mass is 246 g/mol. The summed E-state index contributed by atoms with van der Waals surface area (Å²) in [5, 5.41) is 0. The van der Waals surface area contributed by atoms with Gasteiger partial charge in [-0.2, -0.15) is 0 Å². The van der Waals surface area contributed by atoms with Crippen LogP contribution in [0.4, 0.5) is 5.69 Å². The number of anilines is 1. The van der Waals surface area contributed by atoms with Crippen LogP contribution in [0, 0.1) is 13.0 Å². The summed E-state index contributed by atoms with van der Waals surface area (Å²) in [7, 11) is -3.51. The van der Waals surface area contributed by atoms with Crippen LogP contribution in [0.1, 0.15) is 5.56 Å². The van der Waals surface area contributed by atoms with Gasteiger partial charge < -0.3 is 0 Å². The largest absolute Gasteiger partial charge is 0.279 e. The van der Waals surface area contributed by atoms with E-state index in [2.05, 4.69) is 10.8 Å². The predicted molar refractivity (Wildman–Crippen MR) is 67.3 cm³/mol. The van der Waals surface area contributed by atoms with Gasteiger partial charge in [-0.1, -0.05) is 35.9 Å². The Labute approximate surface area is 101 Å². The summed E-state index contributed by atoms with van der Waals surface area (Å²) >= 11 is 0. The second kappa shape index (κ2) is 4.59. The number of para-hydroxylation sites is 1. The minimum absolute atomic E-state index is 0.250. The molecule has 1 radical (unpaired) electrons. The zero-order valence-corrected chi connectivity index (χ0v) is 10.2. The van der Waals surface area contributed by atoms with Gasteiger partial charge in [-0.05, 0) is 25.1 Å². The van der Waals surface area contributed by atoms with E-state index in [-0.39, 0.29) is 4.90 Å². The molecule has 0 aliphatic carbocycles. The van der Waals surface area contributed by atoms with Crippen LogP contribution < -0.4 is 4.72 Å². The minimum atomic E-state index is -3.51. The molecule has 1 N–H and O–H groups in total. The molecule has 0 aliphatic heterocycles. The molecule has 0 saturated carbocycles. The smallest absolute Gasteiger partial charge is 0.261 e. The molecule has 17 heavy (non-hydrogen) atoms. The number of hydrogen-bond donors (Lipinski definition) is 1. The Balaban J connectivity index is 2.29. The van der Waals surface area contributed by atoms with Crippen LogP contribution in [-0.2, 0) is 10.0 Å². The van der Waals surface area contributed by atoms with Gasteiger partial charge in [-0.25, -0.2) is 8.42 Å². The van der Waals surface area contributed by atoms with Crippen molar-refractivity contribution in [2.75, 3.05) is 4.72 Å². The number of benzene rings is 2. The number of sulfonamides is 1. The fraction of sp³-hybridized carbons (Fsp3) is 0.0769. The van der Waals surface area contributed by atoms with Crippen molar-refractivity contribution in [3.63, 3.8) is 0 Å². The maximum Gasteiger partial charge on any atom is 0.261 e. The lowest BCUT2D eigenvalue weighted by Gasteiger charge is -2.07. The first-order valence-corrected chi connectivity index (χ1v) is 6.62. The van der Waals surface area contributed by atoms with E-state index in [9.17, 15) is 8.42 Å². The van der Waals surface area contributed by atoms with E-state index in [0.717, 1.165) is 5.56 Å². The van der Waals surface area contributed by atoms with Crippen molar-refractivity contribution in [3.05, 3.63) is 60.2 Å². The molecule has 4 heteroatoms. The van der Waals surface area contributed by atoms with Crippen molar-refractivity contribution in [2.45, 2.75) is 11.8 Å². The molecule has 0 fully saturated rings. The molecule has 2 aromatic rings. The molecule has 2 aromatic carbocycles. The Hall–Kier alpha value is -1.81. The lowest BCUT2D eigenvalue weighted by molar-refractivity contribution is 0.601. The topological polar surface area (TPSA) is 46.2 Å². The van der Waals surface area contributed by atoms with Crippen molar-refractivity contribution in [1.29, 1.82) is 0 Å². The van der Waals surface area contributed by atoms with E-state index in [1.54, 1.807) is 48.5 Å². The van der Waals surface area contributed by atoms with Crippen LogP contribution in [0.25, 0.3) is 0 Å². The lowest BCUT2D eigenvalue weighted by atomic mass is 10.2. The minimum Gasteiger partial charge on any atom is -0.279 e. The van der Waals surface area contributed by atoms with E-state index in [0.29, 0.717) is 5.69 Å². The number of nitrogens with one attached hydrogen (secondary N) is 1. The third kappa shape index (κ3) is 2.85. The van der Waals surface area contributed by atoms with E-state index >= 15 is 0 Å². The van der Waals surface area contributed by atoms with Crippen molar-refractivity contribution < 1.29 is 8.42 Å². The highest BCUT2D eigenvalue weighted by atomic mass is 32.2. The van der Waals surface area contributed by atoms with Gasteiger partial charge in [0.15, 0.2) is 0 Å². The number of aryl methyl sites for hydroxylation is 1. The Morgan fingerprint density at radius 2 is 1.76 bits per heavy atom. The zero-order chi connectivity index (χ0) is 12.3. The summed E-state index contributed by atoms with van der Waals surface area (Å²) in [4.78, 5) is 0.250. The van der Waals surface area contributed by atoms with Gasteiger partial charge >= 0.3 is 0 Å². The third-order valence-corrected chi connectivity index (χ3v) is 3.67. The Morgan fingerprint density at radius 3 is 2.35 bits per heavy atom. The molecule has 0 amide bonds. The molecule has 0 heterocycles. The maximum absolute atomic E-state index is 12.0. The summed E-state index contributed by atoms with van der Waals surface area (Å²) in [6.45, 7) is 1.91. The molecule has 0 aromatic heterocycles. The summed E-state index contributed by atoms with van der Waals surface area (Å²) in [6, 6.07) is 16.4. The fourth-order valence-corrected chi connectivity index (χ4v) is 2.41. The third-order valence-electron chi connectivity index (χ3n) is 2.28. The van der Waals surface area contributed by atoms with E-state index in [1.807, 2.05) is 6.92 Å². The molecular weight excluding hydrogens is 234 g/mol. The Morgan fingerprint density at radius 1 is 1.06 bits per heavy atom. The second-order valence-electron chi connectivity index (χ2n) is 3.69. The zero-order valence-electron chi connectivity index (χ0n) is 9.34. The van der Waals surface area contributed by atoms with Crippen molar-refractivity contribution in [2.24, 2.45) is 0 Å². The van der Waals surface area contributed by atoms with Gasteiger partial charge in [0.05, 0.1) is 10.6 Å². The second-order valence-corrected chi connectivity index (χ2v) is 5.38. The molecule has 0 unspecified atom stereocenters. The van der Waals surface area contributed by atoms with Crippen LogP contribution in [0.3, 0.4) is 0 Å². The molecule has 87 valence electrons. The van der Waals surface area contributed by atoms with E-state index < -0.39 is 10.0 Å². The quantitative estimate of drug-likeness (QED) is 0.904. The molecule has 0 saturated heterocycles. The summed E-state index contributed by atoms with van der Waals surface area (Å²) in [6.07, 6.45) is 0. The van der Waals surface area contributed by atoms with Crippen molar-refractivity contribution in [3.8, 4) is 0 Å². The highest BCUT2D eigenvalue weighted by Gasteiger charge is 2.13. The van der Waals surface area contributed by atoms with Crippen LogP contribution in [0.5, 0.6) is 0 Å². The highest BCUT2D eigenvalue weighted by Crippen LogP contribution is 2.15. The number of rotatable bonds is 3. The molecule has 0 bridgehead atoms. The maximum atomic E-state index is 12.0. The normalized spacial score (nSPS) is 11.1. The van der Waals surface area contributed by atoms with Crippen LogP contribution >= 0.6 is 0 Å². The van der Waals surface area contributed by atoms with Gasteiger partial charge in [0.2, 0.25) is 0 Å². The van der Waals surface area contributed by atoms with Gasteiger partial charge in [0.1, 0.15) is 0 Å². The summed E-state index contributed by atoms with van der Waals surface area (Å²) in [5.74, 6) is 0. The fourth-order valence-electron chi connectivity index (χ4n) is 1.38. The van der Waals surface area contributed by atoms with Gasteiger partial charge in [0.25, 0.3) is 10.0 Å². The average Bonchev–Trinajstić information content (AvgIpc) is 2.30. The molecule has 3 nitrogen and oxygen atoms in total. The first-order chi connectivity index (χ1) is 8.08. The lowest BCUT2D eigenvalue weighted by Crippen LogP contribution is -2.12. The average molecular weight is 246 g/mol. The molecular formula is C13H12NO2S. The SMILES string of the molecule is Cc1ccc(S(=O)(=O)Nc2[c]cccc2)cc1. The Kier molecular flexibility index (Phi) is 3.15. The van der Waals surface area contributed by atoms with Gasteiger partial charge in [-0.3, -0.25) is 4.72 Å². The standard InChI is InChI=1S/C13H12NO2S/c1-11-7-9-13(10-8-11)17(15,16)14-12-5-3-2-4-6-12/h2-5,7-10,14H,1H3. The first kappa shape index (κ1) is 11.7. The summed E-state index contributed by atoms with van der Waals surface area (Å²) < 4.78 is 26.4. The first-order valence-electron chi connectivity index (χ1n) is 5.14. The van der Waals surface area contributed by atoms with Gasteiger partial charge in [-0.15, -0.1) is 0 Å². The predicted octanol–water partition coefficient (Wildman–Crippen LogP) is 2.60. The molecule has 2 rings (SSSR count).